The molecule has 0 aromatic carbocycles. The van der Waals surface area contributed by atoms with E-state index in [-0.39, 0.29) is 5.91 Å². The summed E-state index contributed by atoms with van der Waals surface area (Å²) < 4.78 is 0. The fourth-order valence-electron chi connectivity index (χ4n) is 2.40. The minimum atomic E-state index is 0.0208. The van der Waals surface area contributed by atoms with Gasteiger partial charge < -0.3 is 10.2 Å². The molecule has 1 heterocycles. The van der Waals surface area contributed by atoms with E-state index in [2.05, 4.69) is 24.1 Å². The zero-order chi connectivity index (χ0) is 13.5. The van der Waals surface area contributed by atoms with Crippen molar-refractivity contribution in [3.63, 3.8) is 0 Å². The molecule has 0 aliphatic carbocycles. The van der Waals surface area contributed by atoms with Crippen molar-refractivity contribution in [3.8, 4) is 0 Å². The summed E-state index contributed by atoms with van der Waals surface area (Å²) in [6.45, 7) is 7.17. The molecule has 0 saturated carbocycles. The lowest BCUT2D eigenvalue weighted by Gasteiger charge is -2.28. The smallest absolute Gasteiger partial charge is 0.243 e. The molecule has 0 aromatic rings. The van der Waals surface area contributed by atoms with Crippen LogP contribution in [-0.4, -0.2) is 61.5 Å². The molecule has 1 N–H and O–H groups in total. The topological polar surface area (TPSA) is 35.6 Å². The van der Waals surface area contributed by atoms with Crippen molar-refractivity contribution in [2.75, 3.05) is 33.7 Å². The largest absolute Gasteiger partial charge is 0.351 e. The number of hydrogen-bond donors (Lipinski definition) is 1. The van der Waals surface area contributed by atoms with E-state index in [1.54, 1.807) is 6.08 Å². The number of rotatable bonds is 6. The van der Waals surface area contributed by atoms with E-state index < -0.39 is 0 Å². The lowest BCUT2D eigenvalue weighted by Crippen LogP contribution is -2.42. The number of nitrogens with zero attached hydrogens (tertiary/aromatic N) is 2. The molecule has 1 atom stereocenters. The van der Waals surface area contributed by atoms with Gasteiger partial charge >= 0.3 is 0 Å². The first kappa shape index (κ1) is 15.2. The molecule has 18 heavy (non-hydrogen) atoms. The Balaban J connectivity index is 2.27. The second-order valence-electron chi connectivity index (χ2n) is 5.54. The summed E-state index contributed by atoms with van der Waals surface area (Å²) in [5, 5.41) is 3.00. The third-order valence-electron chi connectivity index (χ3n) is 3.34. The Morgan fingerprint density at radius 1 is 1.50 bits per heavy atom. The summed E-state index contributed by atoms with van der Waals surface area (Å²) in [5.74, 6) is 0.0208. The van der Waals surface area contributed by atoms with Crippen LogP contribution in [0.3, 0.4) is 0 Å². The van der Waals surface area contributed by atoms with Crippen molar-refractivity contribution in [1.82, 2.24) is 15.1 Å². The highest BCUT2D eigenvalue weighted by atomic mass is 16.1. The van der Waals surface area contributed by atoms with Crippen molar-refractivity contribution in [2.24, 2.45) is 0 Å². The molecule has 0 aromatic heterocycles. The van der Waals surface area contributed by atoms with Crippen LogP contribution in [0.2, 0.25) is 0 Å². The van der Waals surface area contributed by atoms with Gasteiger partial charge in [0, 0.05) is 31.2 Å². The Kier molecular flexibility index (Phi) is 6.36. The molecule has 1 fully saturated rings. The lowest BCUT2D eigenvalue weighted by atomic mass is 10.2. The van der Waals surface area contributed by atoms with Crippen LogP contribution in [0, 0.1) is 0 Å². The van der Waals surface area contributed by atoms with Crippen LogP contribution in [-0.2, 0) is 4.79 Å². The van der Waals surface area contributed by atoms with Crippen molar-refractivity contribution < 1.29 is 4.79 Å². The van der Waals surface area contributed by atoms with Crippen LogP contribution in [0.15, 0.2) is 12.2 Å². The first-order valence-electron chi connectivity index (χ1n) is 6.85. The molecule has 1 aliphatic heterocycles. The molecular weight excluding hydrogens is 226 g/mol. The van der Waals surface area contributed by atoms with Gasteiger partial charge in [-0.3, -0.25) is 9.69 Å². The molecule has 4 nitrogen and oxygen atoms in total. The number of carbonyl (C=O) groups excluding carboxylic acids is 1. The fraction of sp³-hybridized carbons (Fsp3) is 0.786. The summed E-state index contributed by atoms with van der Waals surface area (Å²) >= 11 is 0. The summed E-state index contributed by atoms with van der Waals surface area (Å²) in [5.41, 5.74) is 0. The van der Waals surface area contributed by atoms with E-state index in [4.69, 9.17) is 0 Å². The Bertz CT molecular complexity index is 287. The highest BCUT2D eigenvalue weighted by molar-refractivity contribution is 5.87. The third-order valence-corrected chi connectivity index (χ3v) is 3.34. The average molecular weight is 253 g/mol. The number of carbonyl (C=O) groups is 1. The Hall–Kier alpha value is -0.870. The Morgan fingerprint density at radius 2 is 2.22 bits per heavy atom. The first-order chi connectivity index (χ1) is 8.50. The maximum atomic E-state index is 11.6. The van der Waals surface area contributed by atoms with Gasteiger partial charge in [-0.2, -0.15) is 0 Å². The highest BCUT2D eigenvalue weighted by Gasteiger charge is 2.26. The summed E-state index contributed by atoms with van der Waals surface area (Å²) in [6, 6.07) is 1.08. The Morgan fingerprint density at radius 3 is 2.83 bits per heavy atom. The van der Waals surface area contributed by atoms with Crippen LogP contribution < -0.4 is 5.32 Å². The highest BCUT2D eigenvalue weighted by Crippen LogP contribution is 2.18. The summed E-state index contributed by atoms with van der Waals surface area (Å²) in [6.07, 6.45) is 5.97. The Labute approximate surface area is 111 Å². The second-order valence-corrected chi connectivity index (χ2v) is 5.54. The number of hydrogen-bond acceptors (Lipinski definition) is 3. The van der Waals surface area contributed by atoms with Gasteiger partial charge in [0.05, 0.1) is 0 Å². The third kappa shape index (κ3) is 5.19. The molecule has 1 amide bonds. The summed E-state index contributed by atoms with van der Waals surface area (Å²) in [4.78, 5) is 16.1. The van der Waals surface area contributed by atoms with E-state index in [9.17, 15) is 4.79 Å². The molecule has 0 spiro atoms. The van der Waals surface area contributed by atoms with Gasteiger partial charge in [0.25, 0.3) is 0 Å². The molecule has 0 bridgehead atoms. The minimum Gasteiger partial charge on any atom is -0.351 e. The average Bonchev–Trinajstić information content (AvgIpc) is 2.74. The van der Waals surface area contributed by atoms with E-state index in [0.717, 1.165) is 19.6 Å². The predicted octanol–water partition coefficient (Wildman–Crippen LogP) is 1.09. The fourth-order valence-corrected chi connectivity index (χ4v) is 2.40. The molecule has 104 valence electrons. The SMILES string of the molecule is CC(C)N1CCCC1CNC(=O)/C=C/CN(C)C. The molecule has 4 heteroatoms. The van der Waals surface area contributed by atoms with Crippen molar-refractivity contribution in [1.29, 1.82) is 0 Å². The van der Waals surface area contributed by atoms with Crippen molar-refractivity contribution in [3.05, 3.63) is 12.2 Å². The molecule has 1 aliphatic rings. The van der Waals surface area contributed by atoms with Crippen LogP contribution >= 0.6 is 0 Å². The standard InChI is InChI=1S/C14H27N3O/c1-12(2)17-10-5-7-13(17)11-15-14(18)8-6-9-16(3)4/h6,8,12-13H,5,7,9-11H2,1-4H3,(H,15,18)/b8-6+. The zero-order valence-corrected chi connectivity index (χ0v) is 12.1. The van der Waals surface area contributed by atoms with E-state index in [1.807, 2.05) is 25.1 Å². The molecule has 1 saturated heterocycles. The van der Waals surface area contributed by atoms with Crippen molar-refractivity contribution in [2.45, 2.75) is 38.8 Å². The molecule has 1 rings (SSSR count). The van der Waals surface area contributed by atoms with Gasteiger partial charge in [-0.15, -0.1) is 0 Å². The quantitative estimate of drug-likeness (QED) is 0.720. The summed E-state index contributed by atoms with van der Waals surface area (Å²) in [7, 11) is 3.97. The normalized spacial score (nSPS) is 21.3. The minimum absolute atomic E-state index is 0.0208. The van der Waals surface area contributed by atoms with Crippen LogP contribution in [0.25, 0.3) is 0 Å². The van der Waals surface area contributed by atoms with Gasteiger partial charge in [-0.1, -0.05) is 6.08 Å². The monoisotopic (exact) mass is 253 g/mol. The predicted molar refractivity (Wildman–Crippen MR) is 75.6 cm³/mol. The lowest BCUT2D eigenvalue weighted by molar-refractivity contribution is -0.116. The van der Waals surface area contributed by atoms with Gasteiger partial charge in [-0.25, -0.2) is 0 Å². The number of amides is 1. The van der Waals surface area contributed by atoms with Crippen LogP contribution in [0.4, 0.5) is 0 Å². The first-order valence-corrected chi connectivity index (χ1v) is 6.85. The van der Waals surface area contributed by atoms with Crippen LogP contribution in [0.1, 0.15) is 26.7 Å². The zero-order valence-electron chi connectivity index (χ0n) is 12.1. The molecule has 0 radical (unpaired) electrons. The van der Waals surface area contributed by atoms with Gasteiger partial charge in [0.1, 0.15) is 0 Å². The molecule has 1 unspecified atom stereocenters. The maximum Gasteiger partial charge on any atom is 0.243 e. The van der Waals surface area contributed by atoms with Gasteiger partial charge in [0.2, 0.25) is 5.91 Å². The van der Waals surface area contributed by atoms with Gasteiger partial charge in [0.15, 0.2) is 0 Å². The van der Waals surface area contributed by atoms with E-state index >= 15 is 0 Å². The number of likely N-dealkylation sites (N-methyl/N-ethyl adjacent to an activating group) is 1. The van der Waals surface area contributed by atoms with Crippen LogP contribution in [0.5, 0.6) is 0 Å². The maximum absolute atomic E-state index is 11.6. The second kappa shape index (κ2) is 7.54. The van der Waals surface area contributed by atoms with E-state index in [0.29, 0.717) is 12.1 Å². The van der Waals surface area contributed by atoms with Gasteiger partial charge in [-0.05, 0) is 47.3 Å². The number of likely N-dealkylation sites (tertiary alicyclic amines) is 1. The van der Waals surface area contributed by atoms with E-state index in [1.165, 1.54) is 12.8 Å². The molecular formula is C14H27N3O. The van der Waals surface area contributed by atoms with Crippen molar-refractivity contribution >= 4 is 5.91 Å². The number of nitrogens with one attached hydrogen (secondary N) is 1.